The number of hydrogen-bond acceptors (Lipinski definition) is 5. The van der Waals surface area contributed by atoms with Crippen LogP contribution in [0.5, 0.6) is 5.75 Å². The van der Waals surface area contributed by atoms with Gasteiger partial charge in [0.15, 0.2) is 6.10 Å². The number of nitrogens with zero attached hydrogens (tertiary/aromatic N) is 1. The summed E-state index contributed by atoms with van der Waals surface area (Å²) in [6.45, 7) is 2.43. The number of hydrogen-bond donors (Lipinski definition) is 2. The summed E-state index contributed by atoms with van der Waals surface area (Å²) in [5.41, 5.74) is 1.17. The van der Waals surface area contributed by atoms with Crippen LogP contribution in [0.2, 0.25) is 5.02 Å². The number of carbonyl (C=O) groups is 2. The highest BCUT2D eigenvalue weighted by atomic mass is 35.5. The Kier molecular flexibility index (Phi) is 6.41. The van der Waals surface area contributed by atoms with Gasteiger partial charge in [0, 0.05) is 30.6 Å². The molecule has 32 heavy (non-hydrogen) atoms. The van der Waals surface area contributed by atoms with E-state index in [1.54, 1.807) is 19.1 Å². The lowest BCUT2D eigenvalue weighted by Gasteiger charge is -2.31. The molecule has 0 unspecified atom stereocenters. The van der Waals surface area contributed by atoms with Crippen molar-refractivity contribution in [3.63, 3.8) is 0 Å². The zero-order valence-electron chi connectivity index (χ0n) is 17.5. The second kappa shape index (κ2) is 9.09. The number of fused-ring (bicyclic) bond motifs is 1. The van der Waals surface area contributed by atoms with Gasteiger partial charge in [-0.3, -0.25) is 9.59 Å². The number of nitrogens with one attached hydrogen (secondary N) is 2. The minimum atomic E-state index is -3.76. The largest absolute Gasteiger partial charge is 0.479 e. The van der Waals surface area contributed by atoms with Gasteiger partial charge in [0.1, 0.15) is 5.75 Å². The van der Waals surface area contributed by atoms with Gasteiger partial charge in [0.25, 0.3) is 5.91 Å². The van der Waals surface area contributed by atoms with Gasteiger partial charge in [-0.15, -0.1) is 0 Å². The molecule has 1 atom stereocenters. The standard InChI is InChI=1S/C22H24ClN3O5S/c1-14-21(27)25-19-12-17(6-7-20(19)31-14)32(29,30)26-10-8-15(9-11-26)22(28)24-13-16-4-2-3-5-18(16)23/h2-7,12,14-15H,8-11,13H2,1H3,(H,24,28)(H,25,27)/t14-/m0/s1. The Morgan fingerprint density at radius 3 is 2.66 bits per heavy atom. The Bertz CT molecular complexity index is 1150. The predicted octanol–water partition coefficient (Wildman–Crippen LogP) is 2.78. The zero-order chi connectivity index (χ0) is 22.9. The summed E-state index contributed by atoms with van der Waals surface area (Å²) < 4.78 is 33.1. The van der Waals surface area contributed by atoms with Crippen molar-refractivity contribution >= 4 is 39.1 Å². The minimum absolute atomic E-state index is 0.0799. The van der Waals surface area contributed by atoms with Crippen molar-refractivity contribution in [1.82, 2.24) is 9.62 Å². The molecule has 2 aliphatic heterocycles. The number of amides is 2. The molecule has 1 saturated heterocycles. The fourth-order valence-electron chi connectivity index (χ4n) is 3.82. The molecule has 8 nitrogen and oxygen atoms in total. The van der Waals surface area contributed by atoms with Gasteiger partial charge in [0.05, 0.1) is 10.6 Å². The number of benzene rings is 2. The molecule has 2 aromatic rings. The van der Waals surface area contributed by atoms with E-state index in [2.05, 4.69) is 10.6 Å². The van der Waals surface area contributed by atoms with Gasteiger partial charge < -0.3 is 15.4 Å². The summed E-state index contributed by atoms with van der Waals surface area (Å²) in [5.74, 6) is -0.257. The van der Waals surface area contributed by atoms with Crippen molar-refractivity contribution in [3.05, 3.63) is 53.1 Å². The van der Waals surface area contributed by atoms with Crippen molar-refractivity contribution in [2.45, 2.75) is 37.3 Å². The Hall–Kier alpha value is -2.62. The summed E-state index contributed by atoms with van der Waals surface area (Å²) in [5, 5.41) is 6.15. The molecule has 0 aromatic heterocycles. The highest BCUT2D eigenvalue weighted by Gasteiger charge is 2.33. The van der Waals surface area contributed by atoms with Crippen molar-refractivity contribution < 1.29 is 22.7 Å². The Morgan fingerprint density at radius 2 is 1.94 bits per heavy atom. The summed E-state index contributed by atoms with van der Waals surface area (Å²) in [6, 6.07) is 11.7. The first-order valence-corrected chi connectivity index (χ1v) is 12.2. The van der Waals surface area contributed by atoms with Crippen LogP contribution in [0.4, 0.5) is 5.69 Å². The Labute approximate surface area is 191 Å². The molecule has 0 aliphatic carbocycles. The van der Waals surface area contributed by atoms with Crippen LogP contribution >= 0.6 is 11.6 Å². The summed E-state index contributed by atoms with van der Waals surface area (Å²) in [6.07, 6.45) is 0.222. The molecule has 2 aromatic carbocycles. The summed E-state index contributed by atoms with van der Waals surface area (Å²) >= 11 is 6.12. The van der Waals surface area contributed by atoms with Crippen LogP contribution in [-0.2, 0) is 26.2 Å². The van der Waals surface area contributed by atoms with Crippen LogP contribution in [-0.4, -0.2) is 43.7 Å². The van der Waals surface area contributed by atoms with Crippen molar-refractivity contribution in [2.24, 2.45) is 5.92 Å². The first-order chi connectivity index (χ1) is 15.3. The topological polar surface area (TPSA) is 105 Å². The zero-order valence-corrected chi connectivity index (χ0v) is 19.1. The lowest BCUT2D eigenvalue weighted by Crippen LogP contribution is -2.43. The van der Waals surface area contributed by atoms with E-state index in [0.717, 1.165) is 5.56 Å². The predicted molar refractivity (Wildman–Crippen MR) is 120 cm³/mol. The normalized spacial score (nSPS) is 19.6. The van der Waals surface area contributed by atoms with E-state index in [1.165, 1.54) is 16.4 Å². The number of halogens is 1. The smallest absolute Gasteiger partial charge is 0.265 e. The lowest BCUT2D eigenvalue weighted by atomic mass is 9.97. The van der Waals surface area contributed by atoms with Gasteiger partial charge in [-0.2, -0.15) is 4.31 Å². The second-order valence-electron chi connectivity index (χ2n) is 7.89. The maximum absolute atomic E-state index is 13.1. The summed E-state index contributed by atoms with van der Waals surface area (Å²) in [4.78, 5) is 24.5. The number of carbonyl (C=O) groups excluding carboxylic acids is 2. The number of ether oxygens (including phenoxy) is 1. The van der Waals surface area contributed by atoms with Gasteiger partial charge >= 0.3 is 0 Å². The highest BCUT2D eigenvalue weighted by Crippen LogP contribution is 2.33. The second-order valence-corrected chi connectivity index (χ2v) is 10.2. The molecule has 1 fully saturated rings. The van der Waals surface area contributed by atoms with Crippen molar-refractivity contribution in [1.29, 1.82) is 0 Å². The fraction of sp³-hybridized carbons (Fsp3) is 0.364. The molecule has 2 heterocycles. The summed E-state index contributed by atoms with van der Waals surface area (Å²) in [7, 11) is -3.76. The maximum atomic E-state index is 13.1. The molecule has 4 rings (SSSR count). The van der Waals surface area contributed by atoms with Gasteiger partial charge in [-0.25, -0.2) is 8.42 Å². The first-order valence-electron chi connectivity index (χ1n) is 10.4. The Balaban J connectivity index is 1.37. The fourth-order valence-corrected chi connectivity index (χ4v) is 5.52. The van der Waals surface area contributed by atoms with E-state index in [9.17, 15) is 18.0 Å². The van der Waals surface area contributed by atoms with Crippen LogP contribution < -0.4 is 15.4 Å². The third-order valence-electron chi connectivity index (χ3n) is 5.76. The van der Waals surface area contributed by atoms with E-state index in [-0.39, 0.29) is 35.7 Å². The molecule has 0 spiro atoms. The van der Waals surface area contributed by atoms with Crippen LogP contribution in [0.25, 0.3) is 0 Å². The monoisotopic (exact) mass is 477 g/mol. The van der Waals surface area contributed by atoms with E-state index < -0.39 is 16.1 Å². The number of rotatable bonds is 5. The average molecular weight is 478 g/mol. The molecule has 10 heteroatoms. The van der Waals surface area contributed by atoms with Crippen LogP contribution in [0, 0.1) is 5.92 Å². The molecule has 2 N–H and O–H groups in total. The third-order valence-corrected chi connectivity index (χ3v) is 8.02. The average Bonchev–Trinajstić information content (AvgIpc) is 2.79. The first kappa shape index (κ1) is 22.6. The molecule has 0 saturated carbocycles. The van der Waals surface area contributed by atoms with E-state index in [1.807, 2.05) is 18.2 Å². The van der Waals surface area contributed by atoms with Crippen LogP contribution in [0.3, 0.4) is 0 Å². The molecule has 0 bridgehead atoms. The molecular formula is C22H24ClN3O5S. The van der Waals surface area contributed by atoms with Gasteiger partial charge in [0.2, 0.25) is 15.9 Å². The van der Waals surface area contributed by atoms with Crippen molar-refractivity contribution in [3.8, 4) is 5.75 Å². The quantitative estimate of drug-likeness (QED) is 0.689. The SMILES string of the molecule is C[C@@H]1Oc2ccc(S(=O)(=O)N3CCC(C(=O)NCc4ccccc4Cl)CC3)cc2NC1=O. The molecule has 170 valence electrons. The molecular weight excluding hydrogens is 454 g/mol. The van der Waals surface area contributed by atoms with Crippen LogP contribution in [0.1, 0.15) is 25.3 Å². The minimum Gasteiger partial charge on any atom is -0.479 e. The maximum Gasteiger partial charge on any atom is 0.265 e. The highest BCUT2D eigenvalue weighted by molar-refractivity contribution is 7.89. The van der Waals surface area contributed by atoms with E-state index in [0.29, 0.717) is 35.8 Å². The Morgan fingerprint density at radius 1 is 1.22 bits per heavy atom. The van der Waals surface area contributed by atoms with Gasteiger partial charge in [-0.05, 0) is 49.6 Å². The van der Waals surface area contributed by atoms with E-state index >= 15 is 0 Å². The van der Waals surface area contributed by atoms with Gasteiger partial charge in [-0.1, -0.05) is 29.8 Å². The van der Waals surface area contributed by atoms with Crippen LogP contribution in [0.15, 0.2) is 47.4 Å². The molecule has 2 aliphatic rings. The van der Waals surface area contributed by atoms with Crippen molar-refractivity contribution in [2.75, 3.05) is 18.4 Å². The number of sulfonamides is 1. The number of piperidine rings is 1. The molecule has 2 amide bonds. The molecule has 0 radical (unpaired) electrons. The lowest BCUT2D eigenvalue weighted by molar-refractivity contribution is -0.126. The number of anilines is 1. The third kappa shape index (κ3) is 4.60. The van der Waals surface area contributed by atoms with E-state index in [4.69, 9.17) is 16.3 Å².